The zero-order valence-corrected chi connectivity index (χ0v) is 14.8. The molecule has 0 saturated heterocycles. The van der Waals surface area contributed by atoms with Crippen molar-refractivity contribution < 1.29 is 38.9 Å². The summed E-state index contributed by atoms with van der Waals surface area (Å²) in [7, 11) is -22.2. The first-order valence-corrected chi connectivity index (χ1v) is 10.9. The number of benzene rings is 1. The summed E-state index contributed by atoms with van der Waals surface area (Å²) in [4.78, 5) is -7.10. The molecule has 1 rings (SSSR count). The highest BCUT2D eigenvalue weighted by Gasteiger charge is 2.76. The third kappa shape index (κ3) is 5.60. The van der Waals surface area contributed by atoms with Crippen LogP contribution in [0.25, 0.3) is 0 Å². The second kappa shape index (κ2) is 5.15. The van der Waals surface area contributed by atoms with Crippen LogP contribution in [0.5, 0.6) is 0 Å². The molecule has 0 N–H and O–H groups in total. The molecule has 0 saturated carbocycles. The van der Waals surface area contributed by atoms with Crippen LogP contribution in [0.2, 0.25) is 0 Å². The van der Waals surface area contributed by atoms with Crippen molar-refractivity contribution in [1.82, 2.24) is 0 Å². The summed E-state index contributed by atoms with van der Waals surface area (Å²) < 4.78 is 134. The van der Waals surface area contributed by atoms with Crippen LogP contribution < -0.4 is 0 Å². The van der Waals surface area contributed by atoms with Gasteiger partial charge < -0.3 is 0 Å². The van der Waals surface area contributed by atoms with Crippen molar-refractivity contribution in [2.75, 3.05) is 0 Å². The van der Waals surface area contributed by atoms with E-state index in [1.807, 2.05) is 0 Å². The molecule has 0 atom stereocenters. The Kier molecular flexibility index (Phi) is 4.50. The van der Waals surface area contributed by atoms with Gasteiger partial charge in [0, 0.05) is 0 Å². The third-order valence-corrected chi connectivity index (χ3v) is 5.89. The van der Waals surface area contributed by atoms with Gasteiger partial charge >= 0.3 is 20.4 Å². The molecule has 0 unspecified atom stereocenters. The lowest BCUT2D eigenvalue weighted by molar-refractivity contribution is 0.333. The minimum Gasteiger partial charge on any atom is -0.103 e. The summed E-state index contributed by atoms with van der Waals surface area (Å²) in [5.41, 5.74) is -3.09. The van der Waals surface area contributed by atoms with Crippen molar-refractivity contribution in [3.63, 3.8) is 0 Å². The Morgan fingerprint density at radius 3 is 1.08 bits per heavy atom. The highest BCUT2D eigenvalue weighted by Crippen LogP contribution is 3.10. The fourth-order valence-electron chi connectivity index (χ4n) is 2.40. The Bertz CT molecular complexity index is 678. The molecule has 0 nitrogen and oxygen atoms in total. The van der Waals surface area contributed by atoms with Crippen molar-refractivity contribution in [2.24, 2.45) is 0 Å². The van der Waals surface area contributed by atoms with Crippen molar-refractivity contribution in [3.05, 3.63) is 48.6 Å². The molecule has 0 fully saturated rings. The van der Waals surface area contributed by atoms with Crippen LogP contribution in [-0.4, -0.2) is 0 Å². The molecule has 0 aliphatic rings. The van der Waals surface area contributed by atoms with Gasteiger partial charge in [-0.3, -0.25) is 0 Å². The zero-order valence-electron chi connectivity index (χ0n) is 13.1. The summed E-state index contributed by atoms with van der Waals surface area (Å²) in [6, 6.07) is 0.754. The predicted octanol–water partition coefficient (Wildman–Crippen LogP) is 9.24. The van der Waals surface area contributed by atoms with Crippen LogP contribution in [-0.2, 0) is 12.8 Å². The molecule has 0 spiro atoms. The third-order valence-electron chi connectivity index (χ3n) is 3.28. The Morgan fingerprint density at radius 2 is 0.885 bits per heavy atom. The SMILES string of the molecule is C=CCCc1ccc(CCC=C)c(S(F)(F)(F)(F)F)c1S(F)(F)(F)(F)F. The number of hydrogen-bond acceptors (Lipinski definition) is 0. The smallest absolute Gasteiger partial charge is 0.103 e. The maximum Gasteiger partial charge on any atom is 0.312 e. The largest absolute Gasteiger partial charge is 0.312 e. The van der Waals surface area contributed by atoms with E-state index in [-0.39, 0.29) is 0 Å². The molecule has 0 amide bonds. The number of hydrogen-bond donors (Lipinski definition) is 0. The minimum atomic E-state index is -11.1. The van der Waals surface area contributed by atoms with Gasteiger partial charge in [-0.1, -0.05) is 63.1 Å². The first-order chi connectivity index (χ1) is 11.1. The Balaban J connectivity index is 4.16. The van der Waals surface area contributed by atoms with E-state index >= 15 is 0 Å². The van der Waals surface area contributed by atoms with Gasteiger partial charge in [0.25, 0.3) is 0 Å². The van der Waals surface area contributed by atoms with Gasteiger partial charge in [-0.05, 0) is 36.8 Å². The van der Waals surface area contributed by atoms with E-state index in [0.717, 1.165) is 12.2 Å². The van der Waals surface area contributed by atoms with E-state index in [1.54, 1.807) is 0 Å². The quantitative estimate of drug-likeness (QED) is 0.280. The molecular formula is C14H16F10S2. The van der Waals surface area contributed by atoms with Crippen molar-refractivity contribution >= 4 is 20.4 Å². The average Bonchev–Trinajstić information content (AvgIpc) is 2.37. The molecule has 0 aliphatic carbocycles. The standard InChI is InChI=1S/C14H16F10S2/c1-3-5-7-11-9-10-12(8-6-4-2)14(26(20,21,22,23)24)13(11)25(15,16,17,18)19/h3-4,9-10H,1-2,5-8H2. The van der Waals surface area contributed by atoms with E-state index < -0.39 is 67.0 Å². The van der Waals surface area contributed by atoms with E-state index in [2.05, 4.69) is 13.2 Å². The monoisotopic (exact) mass is 438 g/mol. The molecule has 1 aromatic rings. The maximum absolute atomic E-state index is 13.4. The highest BCUT2D eigenvalue weighted by molar-refractivity contribution is 8.48. The van der Waals surface area contributed by atoms with Crippen LogP contribution in [0.3, 0.4) is 0 Å². The second-order valence-electron chi connectivity index (χ2n) is 5.63. The molecule has 12 heteroatoms. The van der Waals surface area contributed by atoms with Gasteiger partial charge in [0.15, 0.2) is 0 Å². The molecular weight excluding hydrogens is 422 g/mol. The molecule has 154 valence electrons. The van der Waals surface area contributed by atoms with Crippen molar-refractivity contribution in [1.29, 1.82) is 0 Å². The fourth-order valence-corrected chi connectivity index (χ4v) is 5.64. The van der Waals surface area contributed by atoms with Crippen LogP contribution in [0.4, 0.5) is 38.9 Å². The minimum absolute atomic E-state index is 0.377. The highest BCUT2D eigenvalue weighted by atomic mass is 32.5. The van der Waals surface area contributed by atoms with Gasteiger partial charge in [-0.25, -0.2) is 0 Å². The number of rotatable bonds is 8. The summed E-state index contributed by atoms with van der Waals surface area (Å²) in [5.74, 6) is 0. The van der Waals surface area contributed by atoms with Crippen molar-refractivity contribution in [3.8, 4) is 0 Å². The molecule has 0 bridgehead atoms. The predicted molar refractivity (Wildman–Crippen MR) is 86.3 cm³/mol. The first-order valence-electron chi connectivity index (χ1n) is 6.95. The fraction of sp³-hybridized carbons (Fsp3) is 0.286. The van der Waals surface area contributed by atoms with E-state index in [4.69, 9.17) is 0 Å². The summed E-state index contributed by atoms with van der Waals surface area (Å²) in [6.45, 7) is 6.25. The van der Waals surface area contributed by atoms with Gasteiger partial charge in [-0.2, -0.15) is 0 Å². The van der Waals surface area contributed by atoms with E-state index in [0.29, 0.717) is 12.1 Å². The molecule has 1 aromatic carbocycles. The lowest BCUT2D eigenvalue weighted by atomic mass is 10.0. The average molecular weight is 438 g/mol. The van der Waals surface area contributed by atoms with Gasteiger partial charge in [-0.15, -0.1) is 13.2 Å². The van der Waals surface area contributed by atoms with Gasteiger partial charge in [0.1, 0.15) is 9.79 Å². The lowest BCUT2D eigenvalue weighted by Crippen LogP contribution is -2.20. The van der Waals surface area contributed by atoms with Gasteiger partial charge in [0.2, 0.25) is 0 Å². The summed E-state index contributed by atoms with van der Waals surface area (Å²) in [5, 5.41) is 0. The van der Waals surface area contributed by atoms with Crippen LogP contribution >= 0.6 is 20.4 Å². The zero-order chi connectivity index (χ0) is 20.8. The Hall–Kier alpha value is -1.30. The summed E-state index contributed by atoms with van der Waals surface area (Å²) >= 11 is 0. The van der Waals surface area contributed by atoms with Gasteiger partial charge in [0.05, 0.1) is 0 Å². The first kappa shape index (κ1) is 22.7. The molecule has 0 aromatic heterocycles. The number of aryl methyl sites for hydroxylation is 2. The van der Waals surface area contributed by atoms with E-state index in [1.165, 1.54) is 0 Å². The second-order valence-corrected chi connectivity index (χ2v) is 10.3. The number of halogens is 10. The van der Waals surface area contributed by atoms with Crippen LogP contribution in [0.1, 0.15) is 24.0 Å². The maximum atomic E-state index is 13.4. The molecule has 26 heavy (non-hydrogen) atoms. The molecule has 0 heterocycles. The van der Waals surface area contributed by atoms with E-state index in [9.17, 15) is 38.9 Å². The van der Waals surface area contributed by atoms with Crippen molar-refractivity contribution in [2.45, 2.75) is 35.5 Å². The van der Waals surface area contributed by atoms with Crippen LogP contribution in [0.15, 0.2) is 47.2 Å². The van der Waals surface area contributed by atoms with Crippen LogP contribution in [0, 0.1) is 0 Å². The number of allylic oxidation sites excluding steroid dienone is 2. The topological polar surface area (TPSA) is 0 Å². The molecule has 0 aliphatic heterocycles. The summed E-state index contributed by atoms with van der Waals surface area (Å²) in [6.07, 6.45) is -0.778. The Morgan fingerprint density at radius 1 is 0.615 bits per heavy atom. The Labute approximate surface area is 144 Å². The normalized spacial score (nSPS) is 18.2. The lowest BCUT2D eigenvalue weighted by Gasteiger charge is -2.49. The molecule has 0 radical (unpaired) electrons.